The van der Waals surface area contributed by atoms with Crippen LogP contribution in [-0.4, -0.2) is 131 Å². The molecule has 6 aromatic carbocycles. The SMILES string of the molecule is CC(C)Cc1cc(OC2CCCCC2)cc(C(C)C)c1.CC(C)Cc1cc(OC2CCNCC2)cc(C(C)C)c1.CC(C)Cc1cc(OCC(=O)N(C)C)cc(C(C)C)c1.CC(C)Cc1cc(OCC(=O)O)cc(C(C)C)c1.CC(C)Cc1cc(OCC(N)=O)cc(C(C)C)c1.CC(C)Cc1cc(OCCN2CCOCC2)cc(C(C)C)c1. The molecule has 0 spiro atoms. The van der Waals surface area contributed by atoms with Gasteiger partial charge in [0.25, 0.3) is 11.8 Å². The van der Waals surface area contributed by atoms with Crippen molar-refractivity contribution >= 4 is 17.8 Å². The molecule has 0 unspecified atom stereocenters. The number of carbonyl (C=O) groups excluding carboxylic acids is 2. The summed E-state index contributed by atoms with van der Waals surface area (Å²) >= 11 is 0. The van der Waals surface area contributed by atoms with Gasteiger partial charge in [0.15, 0.2) is 19.8 Å². The lowest BCUT2D eigenvalue weighted by atomic mass is 9.95. The number of nitrogens with one attached hydrogen (secondary N) is 1. The standard InChI is InChI=1S/C19H31NO2.C19H30O.C18H29NO.C17H27NO2.C15H23NO2.C15H22O3/c1-15(2)11-17-12-18(16(3)4)14-19(13-17)22-10-7-20-5-8-21-9-6-20;1-14(2)10-16-11-17(15(3)4)13-19(12-16)20-18-8-6-5-7-9-18;1-13(2)9-15-10-16(14(3)4)12-18(11-15)20-17-5-7-19-8-6-17;1-12(2)7-14-8-15(13(3)4)10-16(9-14)20-11-17(19)18(5)6;2*1-10(2)5-12-6-13(11(3)4)8-14(7-12)18-9-15(16)17/h12-16H,5-11H2,1-4H3;11-15,18H,5-10H2,1-4H3;10-14,17,19H,5-9H2,1-4H3;8-10,12-13H,7,11H2,1-6H3;6-8,10-11H,5,9H2,1-4H3,(H2,16,17);6-8,10-11H,5,9H2,1-4H3,(H,16,17). The summed E-state index contributed by atoms with van der Waals surface area (Å²) in [4.78, 5) is 36.8. The molecule has 3 fully saturated rings. The minimum atomic E-state index is -0.949. The Kier molecular flexibility index (Phi) is 47.6. The molecule has 4 N–H and O–H groups in total. The summed E-state index contributed by atoms with van der Waals surface area (Å²) in [5.74, 6) is 10.7. The number of aliphatic carboxylic acids is 1. The molecule has 15 nitrogen and oxygen atoms in total. The number of nitrogens with two attached hydrogens (primary N) is 1. The van der Waals surface area contributed by atoms with Crippen LogP contribution in [0.25, 0.3) is 0 Å². The molecule has 2 heterocycles. The van der Waals surface area contributed by atoms with E-state index in [-0.39, 0.29) is 25.7 Å². The number of hydrogen-bond donors (Lipinski definition) is 3. The molecule has 1 saturated carbocycles. The number of morpholine rings is 1. The molecule has 0 atom stereocenters. The number of hydrogen-bond acceptors (Lipinski definition) is 12. The minimum absolute atomic E-state index is 0.0228. The number of benzene rings is 6. The Hall–Kier alpha value is -7.59. The fourth-order valence-electron chi connectivity index (χ4n) is 14.3. The number of carbonyl (C=O) groups is 3. The number of ether oxygens (including phenoxy) is 7. The van der Waals surface area contributed by atoms with Gasteiger partial charge in [0, 0.05) is 33.7 Å². The Morgan fingerprint density at radius 2 is 0.669 bits per heavy atom. The van der Waals surface area contributed by atoms with Crippen molar-refractivity contribution in [2.75, 3.05) is 86.5 Å². The van der Waals surface area contributed by atoms with E-state index in [1.54, 1.807) is 19.0 Å². The van der Waals surface area contributed by atoms with Crippen molar-refractivity contribution in [1.82, 2.24) is 15.1 Å². The number of carboxylic acids is 1. The smallest absolute Gasteiger partial charge is 0.341 e. The Morgan fingerprint density at radius 3 is 0.958 bits per heavy atom. The molecule has 660 valence electrons. The van der Waals surface area contributed by atoms with Crippen molar-refractivity contribution in [3.05, 3.63) is 176 Å². The Morgan fingerprint density at radius 1 is 0.390 bits per heavy atom. The fourth-order valence-corrected chi connectivity index (χ4v) is 14.3. The van der Waals surface area contributed by atoms with Crippen LogP contribution in [0, 0.1) is 35.5 Å². The maximum Gasteiger partial charge on any atom is 0.341 e. The zero-order chi connectivity index (χ0) is 87.7. The number of carboxylic acid groups (broad SMARTS) is 1. The molecule has 3 aliphatic rings. The molecule has 118 heavy (non-hydrogen) atoms. The number of primary amides is 1. The van der Waals surface area contributed by atoms with Crippen LogP contribution in [-0.2, 0) is 57.6 Å². The van der Waals surface area contributed by atoms with Crippen LogP contribution < -0.4 is 39.5 Å². The first-order chi connectivity index (χ1) is 55.7. The monoisotopic (exact) mass is 1630 g/mol. The number of likely N-dealkylation sites (N-methyl/N-ethyl adjacent to an activating group) is 1. The van der Waals surface area contributed by atoms with E-state index in [0.717, 1.165) is 133 Å². The maximum absolute atomic E-state index is 11.6. The van der Waals surface area contributed by atoms with Gasteiger partial charge in [0.2, 0.25) is 0 Å². The predicted molar refractivity (Wildman–Crippen MR) is 493 cm³/mol. The van der Waals surface area contributed by atoms with E-state index < -0.39 is 11.9 Å². The zero-order valence-corrected chi connectivity index (χ0v) is 78.4. The highest BCUT2D eigenvalue weighted by molar-refractivity contribution is 5.77. The van der Waals surface area contributed by atoms with E-state index in [1.807, 2.05) is 30.3 Å². The molecule has 15 heteroatoms. The molecule has 0 bridgehead atoms. The van der Waals surface area contributed by atoms with Crippen molar-refractivity contribution < 1.29 is 52.6 Å². The lowest BCUT2D eigenvalue weighted by molar-refractivity contribution is -0.139. The van der Waals surface area contributed by atoms with E-state index in [9.17, 15) is 14.4 Å². The second-order valence-corrected chi connectivity index (χ2v) is 37.7. The Bertz CT molecular complexity index is 3670. The second-order valence-electron chi connectivity index (χ2n) is 37.7. The first-order valence-corrected chi connectivity index (χ1v) is 45.1. The highest BCUT2D eigenvalue weighted by Crippen LogP contribution is 2.33. The van der Waals surface area contributed by atoms with Crippen LogP contribution >= 0.6 is 0 Å². The van der Waals surface area contributed by atoms with E-state index in [1.165, 1.54) is 98.9 Å². The van der Waals surface area contributed by atoms with Crippen LogP contribution in [0.3, 0.4) is 0 Å². The van der Waals surface area contributed by atoms with Crippen molar-refractivity contribution in [2.24, 2.45) is 41.2 Å². The number of piperidine rings is 1. The maximum atomic E-state index is 11.6. The highest BCUT2D eigenvalue weighted by atomic mass is 16.5. The average Bonchev–Trinajstić information content (AvgIpc) is 0.871. The third-order valence-electron chi connectivity index (χ3n) is 20.6. The quantitative estimate of drug-likeness (QED) is 0.0342. The summed E-state index contributed by atoms with van der Waals surface area (Å²) in [6, 6.07) is 39.0. The average molecular weight is 1630 g/mol. The van der Waals surface area contributed by atoms with E-state index in [0.29, 0.717) is 89.0 Å². The summed E-state index contributed by atoms with van der Waals surface area (Å²) in [5.41, 5.74) is 20.9. The van der Waals surface area contributed by atoms with E-state index in [2.05, 4.69) is 255 Å². The molecule has 2 amide bonds. The van der Waals surface area contributed by atoms with Gasteiger partial charge in [-0.15, -0.1) is 0 Å². The number of amides is 2. The summed E-state index contributed by atoms with van der Waals surface area (Å²) in [7, 11) is 3.47. The predicted octanol–water partition coefficient (Wildman–Crippen LogP) is 23.4. The summed E-state index contributed by atoms with van der Waals surface area (Å²) < 4.78 is 40.3. The molecule has 6 aromatic rings. The minimum Gasteiger partial charge on any atom is -0.492 e. The van der Waals surface area contributed by atoms with Gasteiger partial charge in [-0.1, -0.05) is 209 Å². The lowest BCUT2D eigenvalue weighted by Crippen LogP contribution is -2.38. The molecule has 2 saturated heterocycles. The van der Waals surface area contributed by atoms with E-state index in [4.69, 9.17) is 44.0 Å². The largest absolute Gasteiger partial charge is 0.492 e. The number of nitrogens with zero attached hydrogens (tertiary/aromatic N) is 2. The van der Waals surface area contributed by atoms with Gasteiger partial charge in [-0.05, 0) is 301 Å². The first-order valence-electron chi connectivity index (χ1n) is 45.1. The third kappa shape index (κ3) is 43.6. The van der Waals surface area contributed by atoms with Crippen LogP contribution in [0.5, 0.6) is 34.5 Å². The molecule has 9 rings (SSSR count). The molecule has 0 aromatic heterocycles. The molecule has 0 radical (unpaired) electrons. The van der Waals surface area contributed by atoms with Crippen LogP contribution in [0.15, 0.2) is 109 Å². The summed E-state index contributed by atoms with van der Waals surface area (Å²) in [6.07, 6.45) is 15.9. The van der Waals surface area contributed by atoms with Gasteiger partial charge < -0.3 is 54.2 Å². The lowest BCUT2D eigenvalue weighted by Gasteiger charge is -2.26. The van der Waals surface area contributed by atoms with Gasteiger partial charge in [-0.2, -0.15) is 0 Å². The topological polar surface area (TPSA) is 181 Å². The van der Waals surface area contributed by atoms with Gasteiger partial charge in [0.05, 0.1) is 19.3 Å². The van der Waals surface area contributed by atoms with Gasteiger partial charge in [-0.3, -0.25) is 14.5 Å². The second kappa shape index (κ2) is 54.6. The van der Waals surface area contributed by atoms with Crippen LogP contribution in [0.4, 0.5) is 0 Å². The Labute approximate surface area is 717 Å². The third-order valence-corrected chi connectivity index (χ3v) is 20.6. The summed E-state index contributed by atoms with van der Waals surface area (Å²) in [6.45, 7) is 60.5. The van der Waals surface area contributed by atoms with Gasteiger partial charge in [-0.25, -0.2) is 4.79 Å². The van der Waals surface area contributed by atoms with Gasteiger partial charge in [0.1, 0.15) is 47.2 Å². The molecular weight excluding hydrogens is 1470 g/mol. The van der Waals surface area contributed by atoms with E-state index >= 15 is 0 Å². The van der Waals surface area contributed by atoms with Crippen LogP contribution in [0.2, 0.25) is 0 Å². The van der Waals surface area contributed by atoms with Crippen molar-refractivity contribution in [3.8, 4) is 34.5 Å². The number of rotatable bonds is 35. The van der Waals surface area contributed by atoms with Gasteiger partial charge >= 0.3 is 5.97 Å². The highest BCUT2D eigenvalue weighted by Gasteiger charge is 2.21. The molecule has 1 aliphatic carbocycles. The zero-order valence-electron chi connectivity index (χ0n) is 78.4. The molecular formula is C103H162N4O11. The normalized spacial score (nSPS) is 14.0. The fraction of sp³-hybridized carbons (Fsp3) is 0.621. The Balaban J connectivity index is 0.000000298. The van der Waals surface area contributed by atoms with Crippen molar-refractivity contribution in [1.29, 1.82) is 0 Å². The molecule has 2 aliphatic heterocycles. The first kappa shape index (κ1) is 103. The van der Waals surface area contributed by atoms with Crippen LogP contribution in [0.1, 0.15) is 313 Å². The summed E-state index contributed by atoms with van der Waals surface area (Å²) in [5, 5.41) is 12.0. The van der Waals surface area contributed by atoms with Crippen molar-refractivity contribution in [3.63, 3.8) is 0 Å². The van der Waals surface area contributed by atoms with Crippen molar-refractivity contribution in [2.45, 2.75) is 297 Å².